The summed E-state index contributed by atoms with van der Waals surface area (Å²) in [7, 11) is 0. The summed E-state index contributed by atoms with van der Waals surface area (Å²) in [5.41, 5.74) is 2.39. The minimum absolute atomic E-state index is 0.0618. The molecule has 0 aliphatic carbocycles. The summed E-state index contributed by atoms with van der Waals surface area (Å²) < 4.78 is 12.0. The van der Waals surface area contributed by atoms with Crippen LogP contribution in [0.15, 0.2) is 54.9 Å². The number of pyridine rings is 1. The Morgan fingerprint density at radius 1 is 1.25 bits per heavy atom. The first kappa shape index (κ1) is 17.4. The van der Waals surface area contributed by atoms with E-state index in [-0.39, 0.29) is 11.5 Å². The summed E-state index contributed by atoms with van der Waals surface area (Å²) in [4.78, 5) is 22.3. The van der Waals surface area contributed by atoms with Crippen LogP contribution in [0.2, 0.25) is 0 Å². The number of benzene rings is 1. The van der Waals surface area contributed by atoms with Crippen molar-refractivity contribution in [2.45, 2.75) is 18.6 Å². The van der Waals surface area contributed by atoms with Gasteiger partial charge >= 0.3 is 0 Å². The number of amides is 1. The van der Waals surface area contributed by atoms with Crippen molar-refractivity contribution in [3.05, 3.63) is 66.1 Å². The largest absolute Gasteiger partial charge is 0.375 e. The van der Waals surface area contributed by atoms with Gasteiger partial charge in [0, 0.05) is 35.8 Å². The Balaban J connectivity index is 1.21. The molecule has 6 nitrogen and oxygen atoms in total. The highest BCUT2D eigenvalue weighted by Gasteiger charge is 2.54. The van der Waals surface area contributed by atoms with Crippen molar-refractivity contribution in [3.63, 3.8) is 0 Å². The third-order valence-electron chi connectivity index (χ3n) is 5.92. The molecule has 0 saturated carbocycles. The van der Waals surface area contributed by atoms with Gasteiger partial charge in [0.25, 0.3) is 5.91 Å². The van der Waals surface area contributed by atoms with Crippen LogP contribution in [0.4, 0.5) is 0 Å². The number of rotatable bonds is 5. The fourth-order valence-corrected chi connectivity index (χ4v) is 4.32. The lowest BCUT2D eigenvalue weighted by atomic mass is 9.81. The summed E-state index contributed by atoms with van der Waals surface area (Å²) in [6.45, 7) is 3.12. The molecule has 1 aromatic carbocycles. The van der Waals surface area contributed by atoms with E-state index in [4.69, 9.17) is 9.47 Å². The minimum Gasteiger partial charge on any atom is -0.375 e. The van der Waals surface area contributed by atoms with E-state index >= 15 is 0 Å². The highest BCUT2D eigenvalue weighted by atomic mass is 16.5. The molecule has 28 heavy (non-hydrogen) atoms. The number of carbonyl (C=O) groups is 1. The number of hydrogen-bond donors (Lipinski definition) is 1. The van der Waals surface area contributed by atoms with Gasteiger partial charge in [0.2, 0.25) is 0 Å². The number of nitrogens with one attached hydrogen (secondary N) is 1. The molecule has 144 valence electrons. The number of likely N-dealkylation sites (tertiary alicyclic amines) is 1. The molecule has 2 aromatic heterocycles. The molecule has 2 saturated heterocycles. The third kappa shape index (κ3) is 2.99. The predicted octanol–water partition coefficient (Wildman–Crippen LogP) is 3.01. The molecule has 5 rings (SSSR count). The molecular formula is C22H23N3O3. The molecule has 4 heterocycles. The number of H-pyrrole nitrogens is 1. The molecule has 2 fully saturated rings. The number of ether oxygens (including phenoxy) is 2. The van der Waals surface area contributed by atoms with Gasteiger partial charge in [0.15, 0.2) is 0 Å². The molecule has 0 radical (unpaired) electrons. The van der Waals surface area contributed by atoms with Crippen molar-refractivity contribution in [2.24, 2.45) is 5.92 Å². The molecule has 3 aromatic rings. The lowest BCUT2D eigenvalue weighted by Gasteiger charge is -2.50. The number of aromatic nitrogens is 2. The Morgan fingerprint density at radius 2 is 2.11 bits per heavy atom. The average Bonchev–Trinajstić information content (AvgIpc) is 3.32. The second kappa shape index (κ2) is 7.04. The second-order valence-corrected chi connectivity index (χ2v) is 7.64. The lowest BCUT2D eigenvalue weighted by molar-refractivity contribution is -0.129. The Hall–Kier alpha value is -2.70. The standard InChI is InChI=1S/C22H23N3O3/c26-21(19-11-24-20-7-2-1-6-18(19)20)25-14-22(15-25)16(8-10-28-22)12-27-13-17-5-3-4-9-23-17/h1-7,9,11,16,24H,8,10,12-15H2/t16-/m1/s1. The number of hydrogen-bond acceptors (Lipinski definition) is 4. The van der Waals surface area contributed by atoms with Crippen LogP contribution >= 0.6 is 0 Å². The molecule has 1 spiro atoms. The minimum atomic E-state index is -0.258. The Labute approximate surface area is 163 Å². The van der Waals surface area contributed by atoms with Gasteiger partial charge in [0.05, 0.1) is 37.6 Å². The Bertz CT molecular complexity index is 979. The Kier molecular flexibility index (Phi) is 4.37. The van der Waals surface area contributed by atoms with Gasteiger partial charge in [-0.1, -0.05) is 24.3 Å². The van der Waals surface area contributed by atoms with Gasteiger partial charge in [-0.3, -0.25) is 9.78 Å². The van der Waals surface area contributed by atoms with E-state index in [0.29, 0.717) is 32.2 Å². The quantitative estimate of drug-likeness (QED) is 0.742. The molecular weight excluding hydrogens is 354 g/mol. The molecule has 1 N–H and O–H groups in total. The van der Waals surface area contributed by atoms with Crippen LogP contribution < -0.4 is 0 Å². The van der Waals surface area contributed by atoms with Gasteiger partial charge in [-0.2, -0.15) is 0 Å². The summed E-state index contributed by atoms with van der Waals surface area (Å²) in [5.74, 6) is 0.370. The smallest absolute Gasteiger partial charge is 0.256 e. The van der Waals surface area contributed by atoms with E-state index in [1.807, 2.05) is 47.4 Å². The predicted molar refractivity (Wildman–Crippen MR) is 105 cm³/mol. The molecule has 1 atom stereocenters. The summed E-state index contributed by atoms with van der Waals surface area (Å²) in [6.07, 6.45) is 4.55. The van der Waals surface area contributed by atoms with Crippen LogP contribution in [0.25, 0.3) is 10.9 Å². The molecule has 2 aliphatic rings. The van der Waals surface area contributed by atoms with Crippen LogP contribution in [-0.4, -0.2) is 52.7 Å². The topological polar surface area (TPSA) is 67.5 Å². The van der Waals surface area contributed by atoms with Crippen LogP contribution in [0.1, 0.15) is 22.5 Å². The van der Waals surface area contributed by atoms with Gasteiger partial charge in [-0.15, -0.1) is 0 Å². The molecule has 0 bridgehead atoms. The summed E-state index contributed by atoms with van der Waals surface area (Å²) in [5, 5.41) is 0.969. The van der Waals surface area contributed by atoms with Crippen molar-refractivity contribution in [1.82, 2.24) is 14.9 Å². The van der Waals surface area contributed by atoms with Crippen LogP contribution in [0.5, 0.6) is 0 Å². The average molecular weight is 377 g/mol. The first-order valence-corrected chi connectivity index (χ1v) is 9.72. The maximum atomic E-state index is 13.0. The number of para-hydroxylation sites is 1. The summed E-state index contributed by atoms with van der Waals surface area (Å²) >= 11 is 0. The normalized spacial score (nSPS) is 20.6. The third-order valence-corrected chi connectivity index (χ3v) is 5.92. The fourth-order valence-electron chi connectivity index (χ4n) is 4.32. The van der Waals surface area contributed by atoms with Gasteiger partial charge in [-0.05, 0) is 24.6 Å². The number of nitrogens with zero attached hydrogens (tertiary/aromatic N) is 2. The van der Waals surface area contributed by atoms with Crippen LogP contribution in [0, 0.1) is 5.92 Å². The first-order valence-electron chi connectivity index (χ1n) is 9.72. The highest BCUT2D eigenvalue weighted by molar-refractivity contribution is 6.07. The van der Waals surface area contributed by atoms with Gasteiger partial charge in [-0.25, -0.2) is 0 Å². The van der Waals surface area contributed by atoms with E-state index in [9.17, 15) is 4.79 Å². The number of fused-ring (bicyclic) bond motifs is 1. The van der Waals surface area contributed by atoms with Crippen molar-refractivity contribution < 1.29 is 14.3 Å². The van der Waals surface area contributed by atoms with E-state index < -0.39 is 0 Å². The van der Waals surface area contributed by atoms with E-state index in [2.05, 4.69) is 9.97 Å². The van der Waals surface area contributed by atoms with Crippen molar-refractivity contribution in [3.8, 4) is 0 Å². The van der Waals surface area contributed by atoms with Crippen molar-refractivity contribution in [1.29, 1.82) is 0 Å². The van der Waals surface area contributed by atoms with E-state index in [0.717, 1.165) is 35.2 Å². The SMILES string of the molecule is O=C(c1c[nH]c2ccccc12)N1CC2(C1)OCC[C@@H]2COCc1ccccn1. The lowest BCUT2D eigenvalue weighted by Crippen LogP contribution is -2.66. The van der Waals surface area contributed by atoms with Crippen LogP contribution in [-0.2, 0) is 16.1 Å². The number of aromatic amines is 1. The molecule has 6 heteroatoms. The van der Waals surface area contributed by atoms with Crippen molar-refractivity contribution >= 4 is 16.8 Å². The molecule has 1 amide bonds. The van der Waals surface area contributed by atoms with Crippen molar-refractivity contribution in [2.75, 3.05) is 26.3 Å². The maximum Gasteiger partial charge on any atom is 0.256 e. The zero-order valence-corrected chi connectivity index (χ0v) is 15.6. The fraction of sp³-hybridized carbons (Fsp3) is 0.364. The zero-order valence-electron chi connectivity index (χ0n) is 15.6. The van der Waals surface area contributed by atoms with E-state index in [1.165, 1.54) is 0 Å². The maximum absolute atomic E-state index is 13.0. The van der Waals surface area contributed by atoms with Gasteiger partial charge in [0.1, 0.15) is 5.60 Å². The summed E-state index contributed by atoms with van der Waals surface area (Å²) in [6, 6.07) is 13.7. The molecule has 0 unspecified atom stereocenters. The second-order valence-electron chi connectivity index (χ2n) is 7.64. The first-order chi connectivity index (χ1) is 13.8. The van der Waals surface area contributed by atoms with Gasteiger partial charge < -0.3 is 19.4 Å². The monoisotopic (exact) mass is 377 g/mol. The highest BCUT2D eigenvalue weighted by Crippen LogP contribution is 2.41. The number of carbonyl (C=O) groups excluding carboxylic acids is 1. The molecule has 2 aliphatic heterocycles. The van der Waals surface area contributed by atoms with E-state index in [1.54, 1.807) is 12.4 Å². The van der Waals surface area contributed by atoms with Crippen LogP contribution in [0.3, 0.4) is 0 Å². The zero-order chi connectivity index (χ0) is 19.0. The Morgan fingerprint density at radius 3 is 2.96 bits per heavy atom.